The van der Waals surface area contributed by atoms with Crippen LogP contribution in [-0.2, 0) is 9.59 Å². The number of hydrogen-bond acceptors (Lipinski definition) is 4. The van der Waals surface area contributed by atoms with E-state index in [9.17, 15) is 9.59 Å². The number of thiophene rings is 1. The molecule has 0 radical (unpaired) electrons. The zero-order valence-electron chi connectivity index (χ0n) is 14.8. The van der Waals surface area contributed by atoms with Gasteiger partial charge >= 0.3 is 0 Å². The van der Waals surface area contributed by atoms with Crippen LogP contribution in [0.4, 0.5) is 5.69 Å². The van der Waals surface area contributed by atoms with Gasteiger partial charge in [0.2, 0.25) is 11.8 Å². The first kappa shape index (κ1) is 19.1. The number of rotatable bonds is 6. The van der Waals surface area contributed by atoms with Gasteiger partial charge in [0.1, 0.15) is 5.92 Å². The number of amides is 2. The maximum Gasteiger partial charge on any atom is 0.239 e. The molecule has 7 heteroatoms. The predicted octanol–water partition coefficient (Wildman–Crippen LogP) is 3.28. The van der Waals surface area contributed by atoms with Gasteiger partial charge in [0.25, 0.3) is 0 Å². The van der Waals surface area contributed by atoms with Gasteiger partial charge in [-0.1, -0.05) is 22.0 Å². The van der Waals surface area contributed by atoms with Crippen molar-refractivity contribution >= 4 is 44.8 Å². The average molecular weight is 436 g/mol. The van der Waals surface area contributed by atoms with Crippen molar-refractivity contribution in [1.29, 1.82) is 0 Å². The molecule has 2 aromatic rings. The van der Waals surface area contributed by atoms with Crippen molar-refractivity contribution in [1.82, 2.24) is 10.2 Å². The van der Waals surface area contributed by atoms with Crippen molar-refractivity contribution in [2.24, 2.45) is 5.92 Å². The predicted molar refractivity (Wildman–Crippen MR) is 108 cm³/mol. The van der Waals surface area contributed by atoms with E-state index in [-0.39, 0.29) is 17.9 Å². The summed E-state index contributed by atoms with van der Waals surface area (Å²) in [7, 11) is 3.98. The summed E-state index contributed by atoms with van der Waals surface area (Å²) >= 11 is 5.07. The number of nitrogens with one attached hydrogen (secondary N) is 1. The number of carbonyl (C=O) groups is 2. The highest BCUT2D eigenvalue weighted by Gasteiger charge is 2.37. The number of likely N-dealkylation sites (N-methyl/N-ethyl adjacent to an activating group) is 1. The highest BCUT2D eigenvalue weighted by Crippen LogP contribution is 2.28. The maximum absolute atomic E-state index is 12.7. The van der Waals surface area contributed by atoms with Crippen LogP contribution in [0.15, 0.2) is 45.6 Å². The third-order valence-electron chi connectivity index (χ3n) is 4.66. The molecule has 2 amide bonds. The highest BCUT2D eigenvalue weighted by atomic mass is 79.9. The summed E-state index contributed by atoms with van der Waals surface area (Å²) in [4.78, 5) is 29.1. The molecule has 0 bridgehead atoms. The second kappa shape index (κ2) is 8.33. The Morgan fingerprint density at radius 3 is 2.88 bits per heavy atom. The SMILES string of the molecule is CN(C)C(CNC(=O)C1CCN(c2cccc(Br)c2)C1=O)c1ccsc1. The number of hydrogen-bond donors (Lipinski definition) is 1. The third kappa shape index (κ3) is 4.16. The van der Waals surface area contributed by atoms with Gasteiger partial charge in [0.05, 0.1) is 6.04 Å². The Balaban J connectivity index is 1.62. The van der Waals surface area contributed by atoms with E-state index in [0.717, 1.165) is 10.2 Å². The summed E-state index contributed by atoms with van der Waals surface area (Å²) in [5.41, 5.74) is 2.00. The number of anilines is 1. The van der Waals surface area contributed by atoms with E-state index in [4.69, 9.17) is 0 Å². The lowest BCUT2D eigenvalue weighted by atomic mass is 10.1. The maximum atomic E-state index is 12.7. The van der Waals surface area contributed by atoms with Crippen LogP contribution in [0, 0.1) is 5.92 Å². The molecule has 1 fully saturated rings. The molecule has 1 aromatic carbocycles. The average Bonchev–Trinajstić information content (AvgIpc) is 3.24. The monoisotopic (exact) mass is 435 g/mol. The van der Waals surface area contributed by atoms with E-state index in [0.29, 0.717) is 19.5 Å². The number of nitrogens with zero attached hydrogens (tertiary/aromatic N) is 2. The fourth-order valence-electron chi connectivity index (χ4n) is 3.21. The molecule has 138 valence electrons. The standard InChI is InChI=1S/C19H22BrN3O2S/c1-22(2)17(13-7-9-26-12-13)11-21-18(24)16-6-8-23(19(16)25)15-5-3-4-14(20)10-15/h3-5,7,9-10,12,16-17H,6,8,11H2,1-2H3,(H,21,24). The van der Waals surface area contributed by atoms with Gasteiger partial charge in [-0.15, -0.1) is 0 Å². The molecule has 0 saturated carbocycles. The minimum Gasteiger partial charge on any atom is -0.353 e. The fraction of sp³-hybridized carbons (Fsp3) is 0.368. The van der Waals surface area contributed by atoms with Crippen LogP contribution in [0.1, 0.15) is 18.0 Å². The molecular formula is C19H22BrN3O2S. The topological polar surface area (TPSA) is 52.7 Å². The molecule has 2 atom stereocenters. The lowest BCUT2D eigenvalue weighted by molar-refractivity contribution is -0.132. The minimum absolute atomic E-state index is 0.0999. The van der Waals surface area contributed by atoms with Gasteiger partial charge in [0.15, 0.2) is 0 Å². The second-order valence-electron chi connectivity index (χ2n) is 6.59. The Bertz CT molecular complexity index is 779. The molecule has 0 aliphatic carbocycles. The molecule has 1 aromatic heterocycles. The Labute approximate surface area is 166 Å². The van der Waals surface area contributed by atoms with E-state index in [1.165, 1.54) is 5.56 Å². The van der Waals surface area contributed by atoms with Crippen molar-refractivity contribution < 1.29 is 9.59 Å². The number of benzene rings is 1. The summed E-state index contributed by atoms with van der Waals surface area (Å²) in [5, 5.41) is 7.10. The second-order valence-corrected chi connectivity index (χ2v) is 8.29. The molecule has 1 saturated heterocycles. The van der Waals surface area contributed by atoms with Crippen molar-refractivity contribution in [2.45, 2.75) is 12.5 Å². The molecule has 5 nitrogen and oxygen atoms in total. The number of carbonyl (C=O) groups excluding carboxylic acids is 2. The van der Waals surface area contributed by atoms with Crippen molar-refractivity contribution in [3.8, 4) is 0 Å². The van der Waals surface area contributed by atoms with Gasteiger partial charge in [-0.25, -0.2) is 0 Å². The summed E-state index contributed by atoms with van der Waals surface area (Å²) in [6, 6.07) is 9.76. The van der Waals surface area contributed by atoms with Gasteiger partial charge in [-0.3, -0.25) is 9.59 Å². The first-order valence-corrected chi connectivity index (χ1v) is 10.2. The molecule has 1 aliphatic heterocycles. The van der Waals surface area contributed by atoms with E-state index < -0.39 is 5.92 Å². The normalized spacial score (nSPS) is 18.4. The zero-order chi connectivity index (χ0) is 18.7. The summed E-state index contributed by atoms with van der Waals surface area (Å²) < 4.78 is 0.917. The molecule has 2 unspecified atom stereocenters. The zero-order valence-corrected chi connectivity index (χ0v) is 17.2. The largest absolute Gasteiger partial charge is 0.353 e. The third-order valence-corrected chi connectivity index (χ3v) is 5.86. The van der Waals surface area contributed by atoms with E-state index >= 15 is 0 Å². The van der Waals surface area contributed by atoms with Crippen LogP contribution < -0.4 is 10.2 Å². The Kier molecular flexibility index (Phi) is 6.11. The summed E-state index contributed by atoms with van der Waals surface area (Å²) in [6.07, 6.45) is 0.544. The lowest BCUT2D eigenvalue weighted by Crippen LogP contribution is -2.40. The van der Waals surface area contributed by atoms with E-state index in [2.05, 4.69) is 37.6 Å². The Hall–Kier alpha value is -1.70. The summed E-state index contributed by atoms with van der Waals surface area (Å²) in [5.74, 6) is -0.925. The van der Waals surface area contributed by atoms with Gasteiger partial charge < -0.3 is 15.1 Å². The van der Waals surface area contributed by atoms with Crippen LogP contribution >= 0.6 is 27.3 Å². The van der Waals surface area contributed by atoms with Crippen LogP contribution in [0.5, 0.6) is 0 Å². The first-order chi connectivity index (χ1) is 12.5. The Morgan fingerprint density at radius 2 is 2.23 bits per heavy atom. The van der Waals surface area contributed by atoms with Crippen LogP contribution in [0.3, 0.4) is 0 Å². The first-order valence-electron chi connectivity index (χ1n) is 8.50. The van der Waals surface area contributed by atoms with Crippen molar-refractivity contribution in [2.75, 3.05) is 32.1 Å². The van der Waals surface area contributed by atoms with Crippen molar-refractivity contribution in [3.63, 3.8) is 0 Å². The Morgan fingerprint density at radius 1 is 1.42 bits per heavy atom. The molecular weight excluding hydrogens is 414 g/mol. The molecule has 0 spiro atoms. The fourth-order valence-corrected chi connectivity index (χ4v) is 4.30. The van der Waals surface area contributed by atoms with Gasteiger partial charge in [0, 0.05) is 23.2 Å². The summed E-state index contributed by atoms with van der Waals surface area (Å²) in [6.45, 7) is 1.05. The van der Waals surface area contributed by atoms with Crippen LogP contribution in [-0.4, -0.2) is 43.9 Å². The van der Waals surface area contributed by atoms with Gasteiger partial charge in [-0.05, 0) is 61.1 Å². The minimum atomic E-state index is -0.612. The molecule has 3 rings (SSSR count). The molecule has 1 aliphatic rings. The number of halogens is 1. The van der Waals surface area contributed by atoms with Crippen LogP contribution in [0.2, 0.25) is 0 Å². The van der Waals surface area contributed by atoms with E-state index in [1.54, 1.807) is 16.2 Å². The van der Waals surface area contributed by atoms with E-state index in [1.807, 2.05) is 43.7 Å². The van der Waals surface area contributed by atoms with Crippen molar-refractivity contribution in [3.05, 3.63) is 51.1 Å². The quantitative estimate of drug-likeness (QED) is 0.708. The molecule has 2 heterocycles. The lowest BCUT2D eigenvalue weighted by Gasteiger charge is -2.24. The van der Waals surface area contributed by atoms with Crippen LogP contribution in [0.25, 0.3) is 0 Å². The smallest absolute Gasteiger partial charge is 0.239 e. The molecule has 26 heavy (non-hydrogen) atoms. The molecule has 1 N–H and O–H groups in total. The van der Waals surface area contributed by atoms with Gasteiger partial charge in [-0.2, -0.15) is 11.3 Å². The highest BCUT2D eigenvalue weighted by molar-refractivity contribution is 9.10.